The van der Waals surface area contributed by atoms with E-state index in [-0.39, 0.29) is 11.5 Å². The van der Waals surface area contributed by atoms with Crippen molar-refractivity contribution in [3.8, 4) is 0 Å². The molecule has 1 atom stereocenters. The molecule has 0 aliphatic rings. The van der Waals surface area contributed by atoms with Crippen LogP contribution in [0.5, 0.6) is 0 Å². The molecule has 0 radical (unpaired) electrons. The predicted octanol–water partition coefficient (Wildman–Crippen LogP) is 2.20. The Morgan fingerprint density at radius 3 is 2.85 bits per heavy atom. The first-order valence-corrected chi connectivity index (χ1v) is 6.27. The standard InChI is InChI=1S/C15H16N2O3/c1-3-8-16-14(18)10(2)17-9-7-11-12(15(19)20)5-4-6-13(11)17/h3-7,9-10H,1,8H2,2H3,(H,16,18)(H,19,20). The summed E-state index contributed by atoms with van der Waals surface area (Å²) in [6, 6.07) is 6.33. The molecule has 1 aromatic carbocycles. The third-order valence-electron chi connectivity index (χ3n) is 3.21. The zero-order chi connectivity index (χ0) is 14.7. The van der Waals surface area contributed by atoms with Crippen molar-refractivity contribution in [3.05, 3.63) is 48.7 Å². The van der Waals surface area contributed by atoms with Gasteiger partial charge in [0, 0.05) is 23.6 Å². The number of hydrogen-bond acceptors (Lipinski definition) is 2. The zero-order valence-corrected chi connectivity index (χ0v) is 11.2. The molecule has 5 heteroatoms. The fraction of sp³-hybridized carbons (Fsp3) is 0.200. The van der Waals surface area contributed by atoms with Crippen LogP contribution < -0.4 is 5.32 Å². The maximum atomic E-state index is 12.0. The molecule has 0 aliphatic heterocycles. The van der Waals surface area contributed by atoms with Crippen LogP contribution in [-0.2, 0) is 4.79 Å². The highest BCUT2D eigenvalue weighted by molar-refractivity contribution is 6.03. The molecular formula is C15H16N2O3. The van der Waals surface area contributed by atoms with Gasteiger partial charge in [-0.15, -0.1) is 6.58 Å². The molecule has 0 fully saturated rings. The Kier molecular flexibility index (Phi) is 3.89. The predicted molar refractivity (Wildman–Crippen MR) is 76.8 cm³/mol. The summed E-state index contributed by atoms with van der Waals surface area (Å²) in [7, 11) is 0. The molecule has 1 unspecified atom stereocenters. The van der Waals surface area contributed by atoms with E-state index in [1.807, 2.05) is 0 Å². The van der Waals surface area contributed by atoms with Gasteiger partial charge >= 0.3 is 5.97 Å². The first kappa shape index (κ1) is 13.9. The molecular weight excluding hydrogens is 256 g/mol. The molecule has 0 saturated carbocycles. The number of aromatic carboxylic acids is 1. The van der Waals surface area contributed by atoms with E-state index in [1.54, 1.807) is 48.0 Å². The molecule has 1 heterocycles. The highest BCUT2D eigenvalue weighted by atomic mass is 16.4. The Labute approximate surface area is 116 Å². The fourth-order valence-electron chi connectivity index (χ4n) is 2.16. The van der Waals surface area contributed by atoms with Gasteiger partial charge in [-0.25, -0.2) is 4.79 Å². The Morgan fingerprint density at radius 1 is 1.45 bits per heavy atom. The topological polar surface area (TPSA) is 71.3 Å². The van der Waals surface area contributed by atoms with Crippen molar-refractivity contribution in [1.82, 2.24) is 9.88 Å². The van der Waals surface area contributed by atoms with E-state index >= 15 is 0 Å². The van der Waals surface area contributed by atoms with Crippen LogP contribution in [0.25, 0.3) is 10.9 Å². The van der Waals surface area contributed by atoms with Gasteiger partial charge < -0.3 is 15.0 Å². The summed E-state index contributed by atoms with van der Waals surface area (Å²) in [5, 5.41) is 12.5. The zero-order valence-electron chi connectivity index (χ0n) is 11.2. The van der Waals surface area contributed by atoms with Gasteiger partial charge in [-0.3, -0.25) is 4.79 Å². The summed E-state index contributed by atoms with van der Waals surface area (Å²) in [5.41, 5.74) is 0.964. The Hall–Kier alpha value is -2.56. The minimum atomic E-state index is -0.975. The van der Waals surface area contributed by atoms with Gasteiger partial charge in [-0.2, -0.15) is 0 Å². The Balaban J connectivity index is 2.41. The number of aromatic nitrogens is 1. The number of carbonyl (C=O) groups is 2. The molecule has 104 valence electrons. The summed E-state index contributed by atoms with van der Waals surface area (Å²) in [6.07, 6.45) is 3.34. The lowest BCUT2D eigenvalue weighted by Crippen LogP contribution is -2.30. The normalized spacial score (nSPS) is 12.1. The van der Waals surface area contributed by atoms with Crippen LogP contribution >= 0.6 is 0 Å². The SMILES string of the molecule is C=CCNC(=O)C(C)n1ccc2c(C(=O)O)cccc21. The number of hydrogen-bond donors (Lipinski definition) is 2. The van der Waals surface area contributed by atoms with E-state index in [0.29, 0.717) is 11.9 Å². The highest BCUT2D eigenvalue weighted by Gasteiger charge is 2.18. The van der Waals surface area contributed by atoms with Gasteiger partial charge in [-0.05, 0) is 25.1 Å². The van der Waals surface area contributed by atoms with Gasteiger partial charge in [0.15, 0.2) is 0 Å². The number of rotatable bonds is 5. The summed E-state index contributed by atoms with van der Waals surface area (Å²) >= 11 is 0. The molecule has 1 aromatic heterocycles. The second-order valence-corrected chi connectivity index (χ2v) is 4.48. The van der Waals surface area contributed by atoms with Crippen molar-refractivity contribution >= 4 is 22.8 Å². The summed E-state index contributed by atoms with van der Waals surface area (Å²) in [6.45, 7) is 5.72. The second kappa shape index (κ2) is 5.61. The number of nitrogens with zero attached hydrogens (tertiary/aromatic N) is 1. The van der Waals surface area contributed by atoms with Gasteiger partial charge in [-0.1, -0.05) is 12.1 Å². The van der Waals surface area contributed by atoms with Crippen LogP contribution in [-0.4, -0.2) is 28.1 Å². The lowest BCUT2D eigenvalue weighted by atomic mass is 10.1. The largest absolute Gasteiger partial charge is 0.478 e. The van der Waals surface area contributed by atoms with E-state index < -0.39 is 12.0 Å². The van der Waals surface area contributed by atoms with Crippen LogP contribution in [0.4, 0.5) is 0 Å². The van der Waals surface area contributed by atoms with Crippen LogP contribution in [0.2, 0.25) is 0 Å². The number of carbonyl (C=O) groups excluding carboxylic acids is 1. The van der Waals surface area contributed by atoms with Crippen molar-refractivity contribution in [1.29, 1.82) is 0 Å². The second-order valence-electron chi connectivity index (χ2n) is 4.48. The molecule has 5 nitrogen and oxygen atoms in total. The smallest absolute Gasteiger partial charge is 0.336 e. The summed E-state index contributed by atoms with van der Waals surface area (Å²) < 4.78 is 1.76. The van der Waals surface area contributed by atoms with E-state index in [1.165, 1.54) is 0 Å². The molecule has 0 bridgehead atoms. The molecule has 2 rings (SSSR count). The Bertz CT molecular complexity index is 673. The van der Waals surface area contributed by atoms with Gasteiger partial charge in [0.05, 0.1) is 5.56 Å². The third kappa shape index (κ3) is 2.42. The number of carboxylic acids is 1. The van der Waals surface area contributed by atoms with Crippen molar-refractivity contribution < 1.29 is 14.7 Å². The van der Waals surface area contributed by atoms with Crippen LogP contribution in [0, 0.1) is 0 Å². The van der Waals surface area contributed by atoms with Gasteiger partial charge in [0.1, 0.15) is 6.04 Å². The lowest BCUT2D eigenvalue weighted by molar-refractivity contribution is -0.123. The number of benzene rings is 1. The average molecular weight is 272 g/mol. The molecule has 0 aliphatic carbocycles. The van der Waals surface area contributed by atoms with Gasteiger partial charge in [0.25, 0.3) is 0 Å². The van der Waals surface area contributed by atoms with E-state index in [2.05, 4.69) is 11.9 Å². The number of fused-ring (bicyclic) bond motifs is 1. The molecule has 1 amide bonds. The number of amides is 1. The van der Waals surface area contributed by atoms with E-state index in [9.17, 15) is 9.59 Å². The molecule has 0 spiro atoms. The maximum absolute atomic E-state index is 12.0. The van der Waals surface area contributed by atoms with Crippen molar-refractivity contribution in [2.24, 2.45) is 0 Å². The minimum Gasteiger partial charge on any atom is -0.478 e. The summed E-state index contributed by atoms with van der Waals surface area (Å²) in [4.78, 5) is 23.1. The number of carboxylic acid groups (broad SMARTS) is 1. The third-order valence-corrected chi connectivity index (χ3v) is 3.21. The van der Waals surface area contributed by atoms with Crippen LogP contribution in [0.3, 0.4) is 0 Å². The number of nitrogens with one attached hydrogen (secondary N) is 1. The minimum absolute atomic E-state index is 0.136. The Morgan fingerprint density at radius 2 is 2.20 bits per heavy atom. The average Bonchev–Trinajstić information content (AvgIpc) is 2.87. The fourth-order valence-corrected chi connectivity index (χ4v) is 2.16. The van der Waals surface area contributed by atoms with Crippen LogP contribution in [0.15, 0.2) is 43.1 Å². The van der Waals surface area contributed by atoms with Crippen molar-refractivity contribution in [2.75, 3.05) is 6.54 Å². The monoisotopic (exact) mass is 272 g/mol. The highest BCUT2D eigenvalue weighted by Crippen LogP contribution is 2.23. The molecule has 20 heavy (non-hydrogen) atoms. The molecule has 2 aromatic rings. The van der Waals surface area contributed by atoms with E-state index in [0.717, 1.165) is 5.52 Å². The lowest BCUT2D eigenvalue weighted by Gasteiger charge is -2.14. The van der Waals surface area contributed by atoms with Crippen molar-refractivity contribution in [2.45, 2.75) is 13.0 Å². The first-order chi connectivity index (χ1) is 9.56. The molecule has 0 saturated heterocycles. The van der Waals surface area contributed by atoms with Crippen LogP contribution in [0.1, 0.15) is 23.3 Å². The first-order valence-electron chi connectivity index (χ1n) is 6.27. The molecule has 2 N–H and O–H groups in total. The quantitative estimate of drug-likeness (QED) is 0.820. The van der Waals surface area contributed by atoms with E-state index in [4.69, 9.17) is 5.11 Å². The van der Waals surface area contributed by atoms with Gasteiger partial charge in [0.2, 0.25) is 5.91 Å². The maximum Gasteiger partial charge on any atom is 0.336 e. The van der Waals surface area contributed by atoms with Crippen molar-refractivity contribution in [3.63, 3.8) is 0 Å². The summed E-state index contributed by atoms with van der Waals surface area (Å²) in [5.74, 6) is -1.11.